The van der Waals surface area contributed by atoms with Crippen molar-refractivity contribution in [3.8, 4) is 5.75 Å². The molecule has 1 unspecified atom stereocenters. The molecule has 1 amide bonds. The minimum absolute atomic E-state index is 0.00730. The van der Waals surface area contributed by atoms with E-state index in [1.54, 1.807) is 12.1 Å². The number of nitrogens with one attached hydrogen (secondary N) is 1. The summed E-state index contributed by atoms with van der Waals surface area (Å²) in [6.45, 7) is 3.13. The highest BCUT2D eigenvalue weighted by Gasteiger charge is 2.15. The van der Waals surface area contributed by atoms with Crippen LogP contribution in [0.1, 0.15) is 30.5 Å². The van der Waals surface area contributed by atoms with E-state index in [4.69, 9.17) is 4.74 Å². The average molecular weight is 358 g/mol. The van der Waals surface area contributed by atoms with Crippen molar-refractivity contribution >= 4 is 5.91 Å². The molecule has 140 valence electrons. The molecule has 0 bridgehead atoms. The molecular formula is C21H27FN2O2. The highest BCUT2D eigenvalue weighted by Crippen LogP contribution is 2.21. The molecule has 5 heteroatoms. The molecule has 0 saturated carbocycles. The topological polar surface area (TPSA) is 41.6 Å². The van der Waals surface area contributed by atoms with Crippen LogP contribution in [0.5, 0.6) is 5.75 Å². The summed E-state index contributed by atoms with van der Waals surface area (Å²) in [5.74, 6) is 0.576. The van der Waals surface area contributed by atoms with Crippen molar-refractivity contribution in [2.45, 2.75) is 25.8 Å². The van der Waals surface area contributed by atoms with E-state index >= 15 is 0 Å². The molecule has 0 spiro atoms. The molecule has 0 radical (unpaired) electrons. The third kappa shape index (κ3) is 6.15. The van der Waals surface area contributed by atoms with Crippen LogP contribution < -0.4 is 10.1 Å². The van der Waals surface area contributed by atoms with Crippen LogP contribution in [-0.4, -0.2) is 38.1 Å². The molecule has 0 aliphatic heterocycles. The largest absolute Gasteiger partial charge is 0.494 e. The van der Waals surface area contributed by atoms with Gasteiger partial charge in [0.15, 0.2) is 0 Å². The first kappa shape index (κ1) is 19.9. The van der Waals surface area contributed by atoms with Gasteiger partial charge >= 0.3 is 0 Å². The zero-order chi connectivity index (χ0) is 18.9. The number of nitrogens with zero attached hydrogens (tertiary/aromatic N) is 1. The molecule has 0 aliphatic carbocycles. The highest BCUT2D eigenvalue weighted by atomic mass is 19.1. The summed E-state index contributed by atoms with van der Waals surface area (Å²) in [6.07, 6.45) is 0.983. The number of hydrogen-bond donors (Lipinski definition) is 1. The van der Waals surface area contributed by atoms with Crippen LogP contribution in [0, 0.1) is 5.82 Å². The first-order chi connectivity index (χ1) is 12.5. The van der Waals surface area contributed by atoms with E-state index in [2.05, 4.69) is 10.2 Å². The fraction of sp³-hybridized carbons (Fsp3) is 0.381. The molecule has 26 heavy (non-hydrogen) atoms. The summed E-state index contributed by atoms with van der Waals surface area (Å²) < 4.78 is 18.4. The van der Waals surface area contributed by atoms with Crippen LogP contribution in [0.2, 0.25) is 0 Å². The molecule has 2 aromatic rings. The summed E-state index contributed by atoms with van der Waals surface area (Å²) >= 11 is 0. The van der Waals surface area contributed by atoms with Gasteiger partial charge in [-0.25, -0.2) is 4.39 Å². The smallest absolute Gasteiger partial charge is 0.220 e. The van der Waals surface area contributed by atoms with Gasteiger partial charge in [0.05, 0.1) is 12.6 Å². The number of halogens is 1. The van der Waals surface area contributed by atoms with Crippen molar-refractivity contribution in [3.05, 3.63) is 65.5 Å². The quantitative estimate of drug-likeness (QED) is 0.745. The molecule has 1 atom stereocenters. The summed E-state index contributed by atoms with van der Waals surface area (Å²) in [6, 6.07) is 14.3. The third-order valence-electron chi connectivity index (χ3n) is 4.25. The molecular weight excluding hydrogens is 331 g/mol. The average Bonchev–Trinajstić information content (AvgIpc) is 2.63. The van der Waals surface area contributed by atoms with Crippen molar-refractivity contribution in [1.29, 1.82) is 0 Å². The van der Waals surface area contributed by atoms with Crippen molar-refractivity contribution in [1.82, 2.24) is 10.2 Å². The van der Waals surface area contributed by atoms with Crippen LogP contribution >= 0.6 is 0 Å². The molecule has 4 nitrogen and oxygen atoms in total. The number of benzene rings is 2. The van der Waals surface area contributed by atoms with Gasteiger partial charge in [0.25, 0.3) is 0 Å². The molecule has 0 aromatic heterocycles. The normalized spacial score (nSPS) is 12.0. The van der Waals surface area contributed by atoms with Crippen LogP contribution in [0.15, 0.2) is 48.5 Å². The van der Waals surface area contributed by atoms with E-state index < -0.39 is 0 Å². The van der Waals surface area contributed by atoms with Crippen molar-refractivity contribution in [2.75, 3.05) is 27.2 Å². The van der Waals surface area contributed by atoms with E-state index in [-0.39, 0.29) is 17.8 Å². The summed E-state index contributed by atoms with van der Waals surface area (Å²) in [7, 11) is 3.98. The number of carbonyl (C=O) groups excluding carboxylic acids is 1. The SMILES string of the molecule is CCOc1ccc(C(CNC(=O)CCc2ccc(F)cc2)N(C)C)cc1. The number of likely N-dealkylation sites (N-methyl/N-ethyl adjacent to an activating group) is 1. The molecule has 0 saturated heterocycles. The Hall–Kier alpha value is -2.40. The monoisotopic (exact) mass is 358 g/mol. The lowest BCUT2D eigenvalue weighted by Crippen LogP contribution is -2.34. The zero-order valence-electron chi connectivity index (χ0n) is 15.7. The zero-order valence-corrected chi connectivity index (χ0v) is 15.7. The van der Waals surface area contributed by atoms with E-state index in [9.17, 15) is 9.18 Å². The van der Waals surface area contributed by atoms with Crippen LogP contribution in [0.25, 0.3) is 0 Å². The van der Waals surface area contributed by atoms with Crippen molar-refractivity contribution in [2.24, 2.45) is 0 Å². The van der Waals surface area contributed by atoms with Gasteiger partial charge in [-0.15, -0.1) is 0 Å². The van der Waals surface area contributed by atoms with Gasteiger partial charge < -0.3 is 15.0 Å². The van der Waals surface area contributed by atoms with E-state index in [1.165, 1.54) is 12.1 Å². The number of hydrogen-bond acceptors (Lipinski definition) is 3. The highest BCUT2D eigenvalue weighted by molar-refractivity contribution is 5.76. The number of amides is 1. The second kappa shape index (κ2) is 9.92. The van der Waals surface area contributed by atoms with Gasteiger partial charge in [-0.05, 0) is 62.8 Å². The standard InChI is InChI=1S/C21H27FN2O2/c1-4-26-19-12-8-17(9-13-19)20(24(2)3)15-23-21(25)14-7-16-5-10-18(22)11-6-16/h5-6,8-13,20H,4,7,14-15H2,1-3H3,(H,23,25). The van der Waals surface area contributed by atoms with Crippen LogP contribution in [0.3, 0.4) is 0 Å². The summed E-state index contributed by atoms with van der Waals surface area (Å²) in [5, 5.41) is 3.00. The van der Waals surface area contributed by atoms with Crippen LogP contribution in [0.4, 0.5) is 4.39 Å². The first-order valence-electron chi connectivity index (χ1n) is 8.90. The lowest BCUT2D eigenvalue weighted by Gasteiger charge is -2.25. The van der Waals surface area contributed by atoms with E-state index in [1.807, 2.05) is 45.3 Å². The maximum absolute atomic E-state index is 12.9. The van der Waals surface area contributed by atoms with Crippen molar-refractivity contribution < 1.29 is 13.9 Å². The van der Waals surface area contributed by atoms with Gasteiger partial charge in [-0.1, -0.05) is 24.3 Å². The third-order valence-corrected chi connectivity index (χ3v) is 4.25. The Morgan fingerprint density at radius 2 is 1.77 bits per heavy atom. The maximum Gasteiger partial charge on any atom is 0.220 e. The number of aryl methyl sites for hydroxylation is 1. The Morgan fingerprint density at radius 3 is 2.35 bits per heavy atom. The Bertz CT molecular complexity index is 684. The molecule has 0 aliphatic rings. The van der Waals surface area contributed by atoms with E-state index in [0.717, 1.165) is 16.9 Å². The number of carbonyl (C=O) groups is 1. The van der Waals surface area contributed by atoms with Gasteiger partial charge in [0, 0.05) is 13.0 Å². The van der Waals surface area contributed by atoms with Gasteiger partial charge in [-0.2, -0.15) is 0 Å². The molecule has 2 rings (SSSR count). The van der Waals surface area contributed by atoms with E-state index in [0.29, 0.717) is 26.0 Å². The van der Waals surface area contributed by atoms with Gasteiger partial charge in [0.2, 0.25) is 5.91 Å². The number of rotatable bonds is 9. The Morgan fingerprint density at radius 1 is 1.12 bits per heavy atom. The first-order valence-corrected chi connectivity index (χ1v) is 8.90. The molecule has 0 heterocycles. The lowest BCUT2D eigenvalue weighted by atomic mass is 10.1. The van der Waals surface area contributed by atoms with Gasteiger partial charge in [-0.3, -0.25) is 4.79 Å². The molecule has 2 aromatic carbocycles. The fourth-order valence-corrected chi connectivity index (χ4v) is 2.76. The predicted molar refractivity (Wildman–Crippen MR) is 102 cm³/mol. The molecule has 0 fully saturated rings. The van der Waals surface area contributed by atoms with Gasteiger partial charge in [0.1, 0.15) is 11.6 Å². The maximum atomic E-state index is 12.9. The predicted octanol–water partition coefficient (Wildman–Crippen LogP) is 3.58. The minimum Gasteiger partial charge on any atom is -0.494 e. The van der Waals surface area contributed by atoms with Crippen LogP contribution in [-0.2, 0) is 11.2 Å². The van der Waals surface area contributed by atoms with Crippen molar-refractivity contribution in [3.63, 3.8) is 0 Å². The Labute approximate surface area is 155 Å². The minimum atomic E-state index is -0.262. The Kier molecular flexibility index (Phi) is 7.60. The molecule has 1 N–H and O–H groups in total. The fourth-order valence-electron chi connectivity index (χ4n) is 2.76. The summed E-state index contributed by atoms with van der Waals surface area (Å²) in [4.78, 5) is 14.2. The summed E-state index contributed by atoms with van der Waals surface area (Å²) in [5.41, 5.74) is 2.08. The second-order valence-corrected chi connectivity index (χ2v) is 6.41. The Balaban J connectivity index is 1.87. The lowest BCUT2D eigenvalue weighted by molar-refractivity contribution is -0.121. The second-order valence-electron chi connectivity index (χ2n) is 6.41. The number of ether oxygens (including phenoxy) is 1.